The highest BCUT2D eigenvalue weighted by molar-refractivity contribution is 7.85. The van der Waals surface area contributed by atoms with E-state index in [1.165, 1.54) is 5.57 Å². The van der Waals surface area contributed by atoms with E-state index < -0.39 is 30.6 Å². The Morgan fingerprint density at radius 2 is 1.98 bits per heavy atom. The van der Waals surface area contributed by atoms with Crippen LogP contribution in [-0.4, -0.2) is 69.9 Å². The van der Waals surface area contributed by atoms with E-state index in [1.54, 1.807) is 0 Å². The fraction of sp³-hybridized carbons (Fsp3) is 0.548. The number of nitrogens with one attached hydrogen (secondary N) is 2. The van der Waals surface area contributed by atoms with Crippen molar-refractivity contribution >= 4 is 42.3 Å². The lowest BCUT2D eigenvalue weighted by molar-refractivity contribution is 0.0506. The van der Waals surface area contributed by atoms with E-state index in [9.17, 15) is 9.00 Å². The van der Waals surface area contributed by atoms with Crippen molar-refractivity contribution in [1.29, 1.82) is 0 Å². The van der Waals surface area contributed by atoms with Crippen molar-refractivity contribution in [2.24, 2.45) is 0 Å². The van der Waals surface area contributed by atoms with Crippen LogP contribution in [0.2, 0.25) is 19.6 Å². The molecule has 3 aliphatic rings. The number of aryl methyl sites for hydroxylation is 1. The SMILES string of the molecule is CC(C)(C)OC(=O)NCC1(Nc2nc(N3CC=C(c4ccc(C#C[Si](C)(C)C)cn4)CC3)nc3c2[S@](=O)CC3)CCC1. The van der Waals surface area contributed by atoms with E-state index in [1.807, 2.05) is 27.0 Å². The van der Waals surface area contributed by atoms with Crippen LogP contribution in [-0.2, 0) is 22.0 Å². The van der Waals surface area contributed by atoms with Crippen molar-refractivity contribution in [2.75, 3.05) is 35.6 Å². The number of amides is 1. The van der Waals surface area contributed by atoms with Gasteiger partial charge in [-0.2, -0.15) is 4.98 Å². The highest BCUT2D eigenvalue weighted by Gasteiger charge is 2.40. The zero-order valence-electron chi connectivity index (χ0n) is 25.6. The van der Waals surface area contributed by atoms with Gasteiger partial charge in [-0.1, -0.05) is 31.6 Å². The first kappa shape index (κ1) is 30.2. The molecule has 2 aromatic rings. The van der Waals surface area contributed by atoms with Crippen molar-refractivity contribution in [2.45, 2.75) is 88.6 Å². The van der Waals surface area contributed by atoms with Gasteiger partial charge in [-0.05, 0) is 64.2 Å². The number of hydrogen-bond acceptors (Lipinski definition) is 8. The molecule has 42 heavy (non-hydrogen) atoms. The summed E-state index contributed by atoms with van der Waals surface area (Å²) < 4.78 is 18.4. The molecule has 4 heterocycles. The molecule has 1 fully saturated rings. The van der Waals surface area contributed by atoms with Gasteiger partial charge in [-0.3, -0.25) is 9.19 Å². The van der Waals surface area contributed by atoms with Crippen LogP contribution in [0.4, 0.5) is 16.6 Å². The number of anilines is 2. The highest BCUT2D eigenvalue weighted by Crippen LogP contribution is 2.38. The lowest BCUT2D eigenvalue weighted by Crippen LogP contribution is -2.54. The van der Waals surface area contributed by atoms with Gasteiger partial charge in [0.25, 0.3) is 0 Å². The Hall–Kier alpha value is -3.23. The fourth-order valence-electron chi connectivity index (χ4n) is 5.17. The minimum Gasteiger partial charge on any atom is -0.444 e. The molecule has 0 radical (unpaired) electrons. The first-order valence-electron chi connectivity index (χ1n) is 14.8. The normalized spacial score (nSPS) is 19.5. The summed E-state index contributed by atoms with van der Waals surface area (Å²) in [7, 11) is -2.58. The van der Waals surface area contributed by atoms with E-state index in [0.29, 0.717) is 41.9 Å². The minimum atomic E-state index is -1.43. The molecule has 0 aromatic carbocycles. The van der Waals surface area contributed by atoms with Gasteiger partial charge < -0.3 is 20.3 Å². The third-order valence-corrected chi connectivity index (χ3v) is 9.84. The number of hydrogen-bond donors (Lipinski definition) is 2. The second-order valence-corrected chi connectivity index (χ2v) is 19.7. The number of carbonyl (C=O) groups is 1. The quantitative estimate of drug-likeness (QED) is 0.353. The Morgan fingerprint density at radius 1 is 1.19 bits per heavy atom. The Labute approximate surface area is 252 Å². The molecule has 1 amide bonds. The zero-order chi connectivity index (χ0) is 30.1. The van der Waals surface area contributed by atoms with Crippen molar-refractivity contribution in [3.05, 3.63) is 41.4 Å². The molecule has 0 bridgehead atoms. The Bertz CT molecular complexity index is 1460. The number of carbonyl (C=O) groups excluding carboxylic acids is 1. The van der Waals surface area contributed by atoms with Crippen LogP contribution in [0, 0.1) is 11.5 Å². The van der Waals surface area contributed by atoms with E-state index in [2.05, 4.69) is 69.8 Å². The summed E-state index contributed by atoms with van der Waals surface area (Å²) in [4.78, 5) is 29.7. The zero-order valence-corrected chi connectivity index (χ0v) is 27.4. The maximum atomic E-state index is 13.0. The van der Waals surface area contributed by atoms with Crippen LogP contribution in [0.15, 0.2) is 29.3 Å². The summed E-state index contributed by atoms with van der Waals surface area (Å²) in [6.45, 7) is 14.1. The third kappa shape index (κ3) is 7.39. The fourth-order valence-corrected chi connectivity index (χ4v) is 6.99. The van der Waals surface area contributed by atoms with Gasteiger partial charge in [0.05, 0.1) is 27.7 Å². The van der Waals surface area contributed by atoms with Crippen molar-refractivity contribution in [1.82, 2.24) is 20.3 Å². The van der Waals surface area contributed by atoms with Crippen LogP contribution < -0.4 is 15.5 Å². The number of aromatic nitrogens is 3. The number of rotatable bonds is 6. The molecule has 9 nitrogen and oxygen atoms in total. The number of alkyl carbamates (subject to hydrolysis) is 1. The average Bonchev–Trinajstić information content (AvgIpc) is 3.28. The molecule has 1 aliphatic carbocycles. The van der Waals surface area contributed by atoms with Gasteiger partial charge in [0.1, 0.15) is 24.4 Å². The topological polar surface area (TPSA) is 109 Å². The van der Waals surface area contributed by atoms with E-state index in [-0.39, 0.29) is 5.54 Å². The van der Waals surface area contributed by atoms with Crippen LogP contribution in [0.3, 0.4) is 0 Å². The molecular weight excluding hydrogens is 565 g/mol. The van der Waals surface area contributed by atoms with Crippen LogP contribution in [0.1, 0.15) is 63.4 Å². The van der Waals surface area contributed by atoms with Gasteiger partial charge in [-0.15, -0.1) is 5.54 Å². The molecule has 2 N–H and O–H groups in total. The van der Waals surface area contributed by atoms with E-state index in [0.717, 1.165) is 49.2 Å². The second-order valence-electron chi connectivity index (χ2n) is 13.4. The second kappa shape index (κ2) is 11.8. The van der Waals surface area contributed by atoms with Crippen LogP contribution in [0.25, 0.3) is 5.57 Å². The smallest absolute Gasteiger partial charge is 0.407 e. The molecular formula is C31H42N6O3SSi. The summed E-state index contributed by atoms with van der Waals surface area (Å²) in [5.41, 5.74) is 6.46. The lowest BCUT2D eigenvalue weighted by Gasteiger charge is -2.43. The number of fused-ring (bicyclic) bond motifs is 1. The minimum absolute atomic E-state index is 0.352. The Kier molecular flexibility index (Phi) is 8.50. The maximum absolute atomic E-state index is 13.0. The number of pyridine rings is 1. The maximum Gasteiger partial charge on any atom is 0.407 e. The molecule has 5 rings (SSSR count). The summed E-state index contributed by atoms with van der Waals surface area (Å²) in [6, 6.07) is 4.11. The molecule has 11 heteroatoms. The first-order valence-corrected chi connectivity index (χ1v) is 19.6. The van der Waals surface area contributed by atoms with E-state index >= 15 is 0 Å². The number of ether oxygens (including phenoxy) is 1. The third-order valence-electron chi connectivity index (χ3n) is 7.51. The van der Waals surface area contributed by atoms with Gasteiger partial charge in [0.2, 0.25) is 5.95 Å². The average molecular weight is 607 g/mol. The summed E-state index contributed by atoms with van der Waals surface area (Å²) in [5.74, 6) is 5.10. The molecule has 0 spiro atoms. The molecule has 2 aliphatic heterocycles. The van der Waals surface area contributed by atoms with Crippen molar-refractivity contribution in [3.8, 4) is 11.5 Å². The van der Waals surface area contributed by atoms with Gasteiger partial charge >= 0.3 is 6.09 Å². The van der Waals surface area contributed by atoms with Gasteiger partial charge in [0, 0.05) is 43.6 Å². The van der Waals surface area contributed by atoms with E-state index in [4.69, 9.17) is 14.7 Å². The largest absolute Gasteiger partial charge is 0.444 e. The lowest BCUT2D eigenvalue weighted by atomic mass is 9.76. The Balaban J connectivity index is 1.31. The predicted octanol–water partition coefficient (Wildman–Crippen LogP) is 4.92. The van der Waals surface area contributed by atoms with Gasteiger partial charge in [0.15, 0.2) is 0 Å². The first-order chi connectivity index (χ1) is 19.8. The van der Waals surface area contributed by atoms with Gasteiger partial charge in [-0.25, -0.2) is 9.78 Å². The molecule has 1 saturated carbocycles. The monoisotopic (exact) mass is 606 g/mol. The molecule has 1 atom stereocenters. The van der Waals surface area contributed by atoms with Crippen LogP contribution in [0.5, 0.6) is 0 Å². The summed E-state index contributed by atoms with van der Waals surface area (Å²) in [5, 5.41) is 6.53. The van der Waals surface area contributed by atoms with Crippen LogP contribution >= 0.6 is 0 Å². The summed E-state index contributed by atoms with van der Waals surface area (Å²) in [6.07, 6.45) is 7.93. The summed E-state index contributed by atoms with van der Waals surface area (Å²) >= 11 is 0. The standard InChI is InChI=1S/C31H42N6O3SSi/c1-30(2,3)40-29(38)33-21-31(14-7-15-31)36-27-26-25(12-18-41(26)39)34-28(35-27)37-16-10-23(11-17-37)24-9-8-22(20-32-24)13-19-42(4,5)6/h8-10,20H,7,11-12,14-18,21H2,1-6H3,(H,33,38)(H,34,35,36)/t41-/m1/s1. The van der Waals surface area contributed by atoms with Crippen molar-refractivity contribution in [3.63, 3.8) is 0 Å². The number of nitrogens with zero attached hydrogens (tertiary/aromatic N) is 4. The molecule has 0 saturated heterocycles. The highest BCUT2D eigenvalue weighted by atomic mass is 32.2. The Morgan fingerprint density at radius 3 is 2.57 bits per heavy atom. The molecule has 2 aromatic heterocycles. The molecule has 224 valence electrons. The van der Waals surface area contributed by atoms with Crippen molar-refractivity contribution < 1.29 is 13.7 Å². The molecule has 0 unspecified atom stereocenters. The predicted molar refractivity (Wildman–Crippen MR) is 171 cm³/mol.